The molecular weight excluding hydrogens is 198 g/mol. The Kier molecular flexibility index (Phi) is 2.87. The van der Waals surface area contributed by atoms with Crippen molar-refractivity contribution in [1.82, 2.24) is 15.3 Å². The third-order valence-corrected chi connectivity index (χ3v) is 3.80. The van der Waals surface area contributed by atoms with E-state index in [2.05, 4.69) is 15.3 Å². The van der Waals surface area contributed by atoms with Crippen molar-refractivity contribution in [1.29, 1.82) is 0 Å². The summed E-state index contributed by atoms with van der Waals surface area (Å²) in [5.41, 5.74) is 4.06. The largest absolute Gasteiger partial charge is 0.309 e. The van der Waals surface area contributed by atoms with Crippen molar-refractivity contribution in [3.05, 3.63) is 23.3 Å². The Balaban J connectivity index is 1.93. The van der Waals surface area contributed by atoms with Crippen LogP contribution in [0.15, 0.2) is 6.33 Å². The highest BCUT2D eigenvalue weighted by molar-refractivity contribution is 5.29. The summed E-state index contributed by atoms with van der Waals surface area (Å²) in [5.74, 6) is 0. The van der Waals surface area contributed by atoms with Gasteiger partial charge >= 0.3 is 0 Å². The van der Waals surface area contributed by atoms with Crippen LogP contribution in [-0.4, -0.2) is 16.5 Å². The standard InChI is InChI=1S/C13H19N3/c1-2-6-11-10(5-1)13(16-9-15-11)12-7-3-4-8-14-12/h9,12,14H,1-8H2. The number of fused-ring (bicyclic) bond motifs is 1. The second-order valence-corrected chi connectivity index (χ2v) is 4.89. The van der Waals surface area contributed by atoms with E-state index in [1.807, 2.05) is 0 Å². The molecule has 3 nitrogen and oxygen atoms in total. The number of hydrogen-bond donors (Lipinski definition) is 1. The van der Waals surface area contributed by atoms with Crippen LogP contribution in [0, 0.1) is 0 Å². The van der Waals surface area contributed by atoms with Gasteiger partial charge in [-0.2, -0.15) is 0 Å². The zero-order valence-corrected chi connectivity index (χ0v) is 9.71. The van der Waals surface area contributed by atoms with Gasteiger partial charge in [0.15, 0.2) is 0 Å². The van der Waals surface area contributed by atoms with Gasteiger partial charge in [-0.05, 0) is 50.6 Å². The van der Waals surface area contributed by atoms with Crippen molar-refractivity contribution in [2.75, 3.05) is 6.54 Å². The number of nitrogens with one attached hydrogen (secondary N) is 1. The molecule has 1 fully saturated rings. The molecule has 1 saturated heterocycles. The fraction of sp³-hybridized carbons (Fsp3) is 0.692. The maximum atomic E-state index is 4.54. The van der Waals surface area contributed by atoms with Gasteiger partial charge < -0.3 is 5.32 Å². The molecule has 1 aliphatic carbocycles. The molecule has 1 aromatic rings. The predicted molar refractivity (Wildman–Crippen MR) is 63.3 cm³/mol. The average Bonchev–Trinajstić information content (AvgIpc) is 2.39. The summed E-state index contributed by atoms with van der Waals surface area (Å²) in [4.78, 5) is 8.98. The van der Waals surface area contributed by atoms with Crippen molar-refractivity contribution in [3.63, 3.8) is 0 Å². The Morgan fingerprint density at radius 1 is 1.06 bits per heavy atom. The number of piperidine rings is 1. The van der Waals surface area contributed by atoms with Crippen LogP contribution in [0.3, 0.4) is 0 Å². The van der Waals surface area contributed by atoms with Gasteiger partial charge in [0.2, 0.25) is 0 Å². The van der Waals surface area contributed by atoms with Gasteiger partial charge in [0.25, 0.3) is 0 Å². The van der Waals surface area contributed by atoms with E-state index in [1.165, 1.54) is 55.5 Å². The lowest BCUT2D eigenvalue weighted by molar-refractivity contribution is 0.400. The second kappa shape index (κ2) is 4.50. The quantitative estimate of drug-likeness (QED) is 0.783. The minimum atomic E-state index is 0.489. The van der Waals surface area contributed by atoms with Crippen LogP contribution in [0.5, 0.6) is 0 Å². The SMILES string of the molecule is c1nc2c(c(C3CCCCN3)n1)CCCC2. The maximum absolute atomic E-state index is 4.54. The molecule has 0 aromatic carbocycles. The first-order valence-electron chi connectivity index (χ1n) is 6.51. The Morgan fingerprint density at radius 2 is 2.00 bits per heavy atom. The van der Waals surface area contributed by atoms with Crippen LogP contribution >= 0.6 is 0 Å². The first-order chi connectivity index (χ1) is 7.95. The first kappa shape index (κ1) is 10.2. The van der Waals surface area contributed by atoms with E-state index in [-0.39, 0.29) is 0 Å². The minimum Gasteiger partial charge on any atom is -0.309 e. The number of rotatable bonds is 1. The summed E-state index contributed by atoms with van der Waals surface area (Å²) < 4.78 is 0. The van der Waals surface area contributed by atoms with Gasteiger partial charge in [0.1, 0.15) is 6.33 Å². The fourth-order valence-electron chi connectivity index (χ4n) is 2.93. The molecule has 0 saturated carbocycles. The van der Waals surface area contributed by atoms with E-state index < -0.39 is 0 Å². The summed E-state index contributed by atoms with van der Waals surface area (Å²) >= 11 is 0. The molecule has 1 N–H and O–H groups in total. The molecule has 0 spiro atoms. The van der Waals surface area contributed by atoms with E-state index in [0.29, 0.717) is 6.04 Å². The first-order valence-corrected chi connectivity index (χ1v) is 6.51. The van der Waals surface area contributed by atoms with Crippen LogP contribution < -0.4 is 5.32 Å². The highest BCUT2D eigenvalue weighted by Gasteiger charge is 2.22. The lowest BCUT2D eigenvalue weighted by atomic mass is 9.90. The van der Waals surface area contributed by atoms with Crippen LogP contribution in [0.2, 0.25) is 0 Å². The smallest absolute Gasteiger partial charge is 0.116 e. The Morgan fingerprint density at radius 3 is 2.88 bits per heavy atom. The van der Waals surface area contributed by atoms with Gasteiger partial charge in [-0.1, -0.05) is 6.42 Å². The van der Waals surface area contributed by atoms with E-state index in [9.17, 15) is 0 Å². The zero-order valence-electron chi connectivity index (χ0n) is 9.71. The molecule has 0 amide bonds. The second-order valence-electron chi connectivity index (χ2n) is 4.89. The Bertz CT molecular complexity index is 369. The van der Waals surface area contributed by atoms with Crippen LogP contribution in [-0.2, 0) is 12.8 Å². The van der Waals surface area contributed by atoms with Crippen molar-refractivity contribution in [2.45, 2.75) is 51.0 Å². The molecule has 3 heteroatoms. The minimum absolute atomic E-state index is 0.489. The van der Waals surface area contributed by atoms with Crippen LogP contribution in [0.1, 0.15) is 55.1 Å². The van der Waals surface area contributed by atoms with Gasteiger partial charge in [-0.25, -0.2) is 9.97 Å². The normalized spacial score (nSPS) is 25.1. The predicted octanol–water partition coefficient (Wildman–Crippen LogP) is 2.17. The Hall–Kier alpha value is -0.960. The van der Waals surface area contributed by atoms with E-state index in [1.54, 1.807) is 6.33 Å². The zero-order chi connectivity index (χ0) is 10.8. The lowest BCUT2D eigenvalue weighted by Gasteiger charge is -2.26. The summed E-state index contributed by atoms with van der Waals surface area (Å²) in [6.45, 7) is 1.14. The maximum Gasteiger partial charge on any atom is 0.116 e. The number of aromatic nitrogens is 2. The molecule has 16 heavy (non-hydrogen) atoms. The summed E-state index contributed by atoms with van der Waals surface area (Å²) in [6.07, 6.45) is 10.6. The van der Waals surface area contributed by atoms with Gasteiger partial charge in [-0.3, -0.25) is 0 Å². The van der Waals surface area contributed by atoms with Gasteiger partial charge in [-0.15, -0.1) is 0 Å². The highest BCUT2D eigenvalue weighted by atomic mass is 15.0. The summed E-state index contributed by atoms with van der Waals surface area (Å²) in [6, 6.07) is 0.489. The fourth-order valence-corrected chi connectivity index (χ4v) is 2.93. The molecule has 2 heterocycles. The molecule has 2 aliphatic rings. The van der Waals surface area contributed by atoms with Crippen molar-refractivity contribution >= 4 is 0 Å². The summed E-state index contributed by atoms with van der Waals surface area (Å²) in [7, 11) is 0. The molecule has 1 atom stereocenters. The number of aryl methyl sites for hydroxylation is 1. The topological polar surface area (TPSA) is 37.8 Å². The molecule has 1 aliphatic heterocycles. The van der Waals surface area contributed by atoms with Crippen molar-refractivity contribution in [2.24, 2.45) is 0 Å². The van der Waals surface area contributed by atoms with Gasteiger partial charge in [0.05, 0.1) is 5.69 Å². The van der Waals surface area contributed by atoms with E-state index in [0.717, 1.165) is 13.0 Å². The van der Waals surface area contributed by atoms with Crippen LogP contribution in [0.25, 0.3) is 0 Å². The third kappa shape index (κ3) is 1.84. The van der Waals surface area contributed by atoms with E-state index >= 15 is 0 Å². The van der Waals surface area contributed by atoms with Crippen molar-refractivity contribution in [3.8, 4) is 0 Å². The third-order valence-electron chi connectivity index (χ3n) is 3.80. The van der Waals surface area contributed by atoms with Crippen molar-refractivity contribution < 1.29 is 0 Å². The molecule has 1 unspecified atom stereocenters. The molecule has 1 aromatic heterocycles. The van der Waals surface area contributed by atoms with E-state index in [4.69, 9.17) is 0 Å². The highest BCUT2D eigenvalue weighted by Crippen LogP contribution is 2.28. The van der Waals surface area contributed by atoms with Crippen LogP contribution in [0.4, 0.5) is 0 Å². The summed E-state index contributed by atoms with van der Waals surface area (Å²) in [5, 5.41) is 3.60. The monoisotopic (exact) mass is 217 g/mol. The molecule has 0 radical (unpaired) electrons. The van der Waals surface area contributed by atoms with Gasteiger partial charge in [0, 0.05) is 11.7 Å². The molecule has 3 rings (SSSR count). The molecular formula is C13H19N3. The number of nitrogens with zero attached hydrogens (tertiary/aromatic N) is 2. The average molecular weight is 217 g/mol. The molecule has 0 bridgehead atoms. The Labute approximate surface area is 96.7 Å². The molecule has 86 valence electrons. The number of hydrogen-bond acceptors (Lipinski definition) is 3. The lowest BCUT2D eigenvalue weighted by Crippen LogP contribution is -2.29.